The molecule has 0 unspecified atom stereocenters. The van der Waals surface area contributed by atoms with Gasteiger partial charge in [0.1, 0.15) is 11.7 Å². The van der Waals surface area contributed by atoms with Crippen LogP contribution in [0.3, 0.4) is 0 Å². The van der Waals surface area contributed by atoms with Crippen LogP contribution in [0.1, 0.15) is 11.1 Å². The van der Waals surface area contributed by atoms with Crippen LogP contribution in [0, 0.1) is 10.8 Å². The van der Waals surface area contributed by atoms with Crippen LogP contribution < -0.4 is 11.5 Å². The number of thiophene rings is 2. The third-order valence-electron chi connectivity index (χ3n) is 4.90. The van der Waals surface area contributed by atoms with Crippen LogP contribution in [0.25, 0.3) is 30.6 Å². The predicted octanol–water partition coefficient (Wildman–Crippen LogP) is 6.65. The average molecular weight is 631 g/mol. The second kappa shape index (κ2) is 13.8. The standard InChI is InChI=1S/C22H18N4S2.2C2HF3O2/c23-21(24)15-5-1-13(2-6-15)17-9-11-19(27-17)20-12-10-18(28-20)14-3-7-16(8-4-14)22(25)26;2*3-2(4,5)1(6)7/h1-12H,(H3,23,24)(H3,25,26);2*(H,6,7). The zero-order valence-corrected chi connectivity index (χ0v) is 22.5. The second-order valence-corrected chi connectivity index (χ2v) is 10.1. The van der Waals surface area contributed by atoms with Crippen LogP contribution in [-0.2, 0) is 9.59 Å². The van der Waals surface area contributed by atoms with E-state index in [9.17, 15) is 26.3 Å². The van der Waals surface area contributed by atoms with E-state index in [-0.39, 0.29) is 11.7 Å². The van der Waals surface area contributed by atoms with Crippen molar-refractivity contribution < 1.29 is 46.1 Å². The van der Waals surface area contributed by atoms with Gasteiger partial charge in [0, 0.05) is 30.6 Å². The van der Waals surface area contributed by atoms with Crippen molar-refractivity contribution in [2.75, 3.05) is 0 Å². The molecule has 0 saturated carbocycles. The highest BCUT2D eigenvalue weighted by molar-refractivity contribution is 7.25. The molecule has 16 heteroatoms. The molecule has 0 radical (unpaired) electrons. The molecule has 0 saturated heterocycles. The fraction of sp³-hybridized carbons (Fsp3) is 0.0769. The summed E-state index contributed by atoms with van der Waals surface area (Å²) in [5.41, 5.74) is 14.8. The molecule has 4 rings (SSSR count). The molecule has 42 heavy (non-hydrogen) atoms. The summed E-state index contributed by atoms with van der Waals surface area (Å²) in [6, 6.07) is 24.1. The van der Waals surface area contributed by atoms with E-state index < -0.39 is 24.3 Å². The Morgan fingerprint density at radius 2 is 0.786 bits per heavy atom. The molecule has 2 aromatic heterocycles. The highest BCUT2D eigenvalue weighted by atomic mass is 32.1. The third kappa shape index (κ3) is 9.74. The molecule has 0 atom stereocenters. The van der Waals surface area contributed by atoms with Gasteiger partial charge in [-0.25, -0.2) is 9.59 Å². The minimum Gasteiger partial charge on any atom is -0.475 e. The van der Waals surface area contributed by atoms with Crippen LogP contribution in [0.15, 0.2) is 72.8 Å². The molecule has 222 valence electrons. The van der Waals surface area contributed by atoms with Crippen LogP contribution >= 0.6 is 22.7 Å². The van der Waals surface area contributed by atoms with E-state index in [0.717, 1.165) is 22.3 Å². The largest absolute Gasteiger partial charge is 0.490 e. The number of nitrogens with two attached hydrogens (primary N) is 2. The summed E-state index contributed by atoms with van der Waals surface area (Å²) in [5.74, 6) is -5.35. The first-order chi connectivity index (χ1) is 19.4. The number of amidine groups is 2. The second-order valence-electron chi connectivity index (χ2n) is 7.92. The third-order valence-corrected chi connectivity index (χ3v) is 7.37. The lowest BCUT2D eigenvalue weighted by molar-refractivity contribution is -0.193. The number of rotatable bonds is 5. The number of carbonyl (C=O) groups is 2. The molecule has 0 aliphatic heterocycles. The van der Waals surface area contributed by atoms with Crippen molar-refractivity contribution in [2.45, 2.75) is 12.4 Å². The summed E-state index contributed by atoms with van der Waals surface area (Å²) in [6.07, 6.45) is -10.2. The van der Waals surface area contributed by atoms with Crippen LogP contribution in [-0.4, -0.2) is 46.2 Å². The van der Waals surface area contributed by atoms with E-state index in [4.69, 9.17) is 42.1 Å². The summed E-state index contributed by atoms with van der Waals surface area (Å²) in [4.78, 5) is 22.6. The van der Waals surface area contributed by atoms with Crippen molar-refractivity contribution in [1.82, 2.24) is 0 Å². The smallest absolute Gasteiger partial charge is 0.475 e. The number of hydrogen-bond donors (Lipinski definition) is 6. The molecule has 0 aliphatic rings. The van der Waals surface area contributed by atoms with Crippen LogP contribution in [0.4, 0.5) is 26.3 Å². The van der Waals surface area contributed by atoms with Gasteiger partial charge in [-0.3, -0.25) is 10.8 Å². The SMILES string of the molecule is N=C(N)c1ccc(-c2ccc(-c3ccc(-c4ccc(C(=N)N)cc4)s3)s2)cc1.O=C(O)C(F)(F)F.O=C(O)C(F)(F)F. The summed E-state index contributed by atoms with van der Waals surface area (Å²) in [7, 11) is 0. The molecular formula is C26H20F6N4O4S2. The van der Waals surface area contributed by atoms with Crippen molar-refractivity contribution in [3.05, 3.63) is 83.9 Å². The maximum absolute atomic E-state index is 10.6. The number of carboxylic acid groups (broad SMARTS) is 2. The van der Waals surface area contributed by atoms with Crippen LogP contribution in [0.2, 0.25) is 0 Å². The summed E-state index contributed by atoms with van der Waals surface area (Å²) < 4.78 is 63.5. The lowest BCUT2D eigenvalue weighted by atomic mass is 10.1. The zero-order valence-electron chi connectivity index (χ0n) is 20.9. The number of carboxylic acids is 2. The highest BCUT2D eigenvalue weighted by Gasteiger charge is 2.38. The number of benzene rings is 2. The quantitative estimate of drug-likeness (QED) is 0.0818. The summed E-state index contributed by atoms with van der Waals surface area (Å²) in [5, 5.41) is 29.2. The van der Waals surface area contributed by atoms with Crippen molar-refractivity contribution in [2.24, 2.45) is 11.5 Å². The van der Waals surface area contributed by atoms with E-state index in [2.05, 4.69) is 24.3 Å². The van der Waals surface area contributed by atoms with E-state index in [1.165, 1.54) is 19.5 Å². The van der Waals surface area contributed by atoms with Gasteiger partial charge in [-0.2, -0.15) is 26.3 Å². The van der Waals surface area contributed by atoms with Gasteiger partial charge in [0.05, 0.1) is 0 Å². The van der Waals surface area contributed by atoms with Gasteiger partial charge in [0.25, 0.3) is 0 Å². The van der Waals surface area contributed by atoms with E-state index in [0.29, 0.717) is 0 Å². The van der Waals surface area contributed by atoms with E-state index in [1.807, 2.05) is 48.5 Å². The molecule has 2 aromatic carbocycles. The number of hydrogen-bond acceptors (Lipinski definition) is 6. The fourth-order valence-electron chi connectivity index (χ4n) is 2.88. The first-order valence-corrected chi connectivity index (χ1v) is 12.7. The topological polar surface area (TPSA) is 174 Å². The molecule has 0 aliphatic carbocycles. The molecule has 0 amide bonds. The number of nitrogen functional groups attached to an aromatic ring is 2. The molecule has 0 spiro atoms. The minimum atomic E-state index is -5.08. The Bertz CT molecular complexity index is 1440. The minimum absolute atomic E-state index is 0.0841. The van der Waals surface area contributed by atoms with Gasteiger partial charge >= 0.3 is 24.3 Å². The normalized spacial score (nSPS) is 10.9. The average Bonchev–Trinajstić information content (AvgIpc) is 3.59. The monoisotopic (exact) mass is 630 g/mol. The maximum Gasteiger partial charge on any atom is 0.490 e. The van der Waals surface area contributed by atoms with E-state index in [1.54, 1.807) is 22.7 Å². The lowest BCUT2D eigenvalue weighted by Crippen LogP contribution is -2.21. The van der Waals surface area contributed by atoms with Gasteiger partial charge in [0.2, 0.25) is 0 Å². The zero-order chi connectivity index (χ0) is 31.8. The van der Waals surface area contributed by atoms with Gasteiger partial charge < -0.3 is 21.7 Å². The first-order valence-electron chi connectivity index (χ1n) is 11.1. The van der Waals surface area contributed by atoms with Gasteiger partial charge in [-0.1, -0.05) is 48.5 Å². The summed E-state index contributed by atoms with van der Waals surface area (Å²) >= 11 is 3.50. The van der Waals surface area contributed by atoms with Gasteiger partial charge in [-0.15, -0.1) is 22.7 Å². The number of aliphatic carboxylic acids is 2. The molecular weight excluding hydrogens is 610 g/mol. The van der Waals surface area contributed by atoms with Crippen molar-refractivity contribution in [3.63, 3.8) is 0 Å². The number of nitrogens with one attached hydrogen (secondary N) is 2. The Hall–Kier alpha value is -4.70. The lowest BCUT2D eigenvalue weighted by Gasteiger charge is -2.01. The predicted molar refractivity (Wildman–Crippen MR) is 148 cm³/mol. The van der Waals surface area contributed by atoms with Crippen molar-refractivity contribution in [1.29, 1.82) is 10.8 Å². The Morgan fingerprint density at radius 3 is 1.00 bits per heavy atom. The first kappa shape index (κ1) is 33.5. The molecule has 0 fully saturated rings. The van der Waals surface area contributed by atoms with Crippen molar-refractivity contribution in [3.8, 4) is 30.6 Å². The number of alkyl halides is 6. The highest BCUT2D eigenvalue weighted by Crippen LogP contribution is 2.40. The van der Waals surface area contributed by atoms with E-state index >= 15 is 0 Å². The maximum atomic E-state index is 10.6. The molecule has 8 nitrogen and oxygen atoms in total. The van der Waals surface area contributed by atoms with Gasteiger partial charge in [-0.05, 0) is 35.4 Å². The molecule has 2 heterocycles. The Balaban J connectivity index is 0.000000367. The summed E-state index contributed by atoms with van der Waals surface area (Å²) in [6.45, 7) is 0. The number of halogens is 6. The van der Waals surface area contributed by atoms with Crippen molar-refractivity contribution >= 4 is 46.3 Å². The Morgan fingerprint density at radius 1 is 0.548 bits per heavy atom. The Labute approximate surface area is 241 Å². The molecule has 8 N–H and O–H groups in total. The van der Waals surface area contributed by atoms with Gasteiger partial charge in [0.15, 0.2) is 0 Å². The molecule has 4 aromatic rings. The van der Waals surface area contributed by atoms with Crippen LogP contribution in [0.5, 0.6) is 0 Å². The fourth-order valence-corrected chi connectivity index (χ4v) is 4.99. The molecule has 0 bridgehead atoms. The Kier molecular flexibility index (Phi) is 11.0.